The lowest BCUT2D eigenvalue weighted by Gasteiger charge is -2.30. The maximum Gasteiger partial charge on any atom is 0.308 e. The molecule has 0 saturated carbocycles. The number of aryl methyl sites for hydroxylation is 1. The van der Waals surface area contributed by atoms with E-state index in [9.17, 15) is 9.59 Å². The minimum absolute atomic E-state index is 0.0215. The number of rotatable bonds is 4. The van der Waals surface area contributed by atoms with Crippen molar-refractivity contribution in [3.8, 4) is 0 Å². The summed E-state index contributed by atoms with van der Waals surface area (Å²) in [7, 11) is 0. The van der Waals surface area contributed by atoms with Gasteiger partial charge >= 0.3 is 5.97 Å². The molecule has 1 fully saturated rings. The molecular formula is C15H18BrNO3S. The van der Waals surface area contributed by atoms with Gasteiger partial charge in [-0.25, -0.2) is 0 Å². The summed E-state index contributed by atoms with van der Waals surface area (Å²) in [6.45, 7) is 3.02. The molecule has 1 aliphatic heterocycles. The van der Waals surface area contributed by atoms with E-state index in [1.165, 1.54) is 11.8 Å². The lowest BCUT2D eigenvalue weighted by Crippen LogP contribution is -2.43. The molecule has 1 amide bonds. The minimum Gasteiger partial charge on any atom is -0.481 e. The molecule has 1 aromatic carbocycles. The fourth-order valence-corrected chi connectivity index (χ4v) is 3.80. The molecule has 114 valence electrons. The Hall–Kier alpha value is -1.01. The number of nitrogens with zero attached hydrogens (tertiary/aromatic N) is 1. The number of halogens is 1. The Labute approximate surface area is 137 Å². The zero-order valence-electron chi connectivity index (χ0n) is 11.8. The van der Waals surface area contributed by atoms with Crippen LogP contribution in [0.2, 0.25) is 0 Å². The summed E-state index contributed by atoms with van der Waals surface area (Å²) in [5.74, 6) is -0.839. The summed E-state index contributed by atoms with van der Waals surface area (Å²) in [5, 5.41) is 9.06. The van der Waals surface area contributed by atoms with Crippen molar-refractivity contribution in [1.29, 1.82) is 0 Å². The molecule has 1 aromatic rings. The number of carboxylic acid groups (broad SMARTS) is 1. The first-order chi connectivity index (χ1) is 9.97. The number of likely N-dealkylation sites (tertiary alicyclic amines) is 1. The van der Waals surface area contributed by atoms with Crippen molar-refractivity contribution >= 4 is 39.6 Å². The summed E-state index contributed by atoms with van der Waals surface area (Å²) in [6.07, 6.45) is 1.43. The molecule has 1 aliphatic rings. The van der Waals surface area contributed by atoms with Gasteiger partial charge in [-0.05, 0) is 43.5 Å². The van der Waals surface area contributed by atoms with Crippen molar-refractivity contribution in [3.05, 3.63) is 28.2 Å². The molecule has 1 atom stereocenters. The maximum absolute atomic E-state index is 12.2. The van der Waals surface area contributed by atoms with Gasteiger partial charge in [-0.15, -0.1) is 11.8 Å². The summed E-state index contributed by atoms with van der Waals surface area (Å²) in [5.41, 5.74) is 1.13. The molecule has 4 nitrogen and oxygen atoms in total. The number of hydrogen-bond acceptors (Lipinski definition) is 3. The molecule has 6 heteroatoms. The Balaban J connectivity index is 1.90. The number of carbonyl (C=O) groups is 2. The van der Waals surface area contributed by atoms with Crippen molar-refractivity contribution in [3.63, 3.8) is 0 Å². The fourth-order valence-electron chi connectivity index (χ4n) is 2.41. The number of carbonyl (C=O) groups excluding carboxylic acids is 1. The van der Waals surface area contributed by atoms with Gasteiger partial charge < -0.3 is 10.0 Å². The first kappa shape index (κ1) is 16.4. The van der Waals surface area contributed by atoms with Gasteiger partial charge in [-0.3, -0.25) is 9.59 Å². The standard InChI is InChI=1S/C15H18BrNO3S/c1-10-7-12(16)4-5-13(10)21-9-14(18)17-6-2-3-11(8-17)15(19)20/h4-5,7,11H,2-3,6,8-9H2,1H3,(H,19,20). The second-order valence-corrected chi connectivity index (χ2v) is 7.15. The van der Waals surface area contributed by atoms with Crippen LogP contribution in [0.4, 0.5) is 0 Å². The molecule has 2 rings (SSSR count). The van der Waals surface area contributed by atoms with Crippen molar-refractivity contribution in [2.24, 2.45) is 5.92 Å². The Bertz CT molecular complexity index is 550. The number of aliphatic carboxylic acids is 1. The largest absolute Gasteiger partial charge is 0.481 e. The third-order valence-corrected chi connectivity index (χ3v) is 5.27. The molecule has 1 saturated heterocycles. The van der Waals surface area contributed by atoms with Crippen LogP contribution < -0.4 is 0 Å². The molecular weight excluding hydrogens is 354 g/mol. The van der Waals surface area contributed by atoms with Gasteiger partial charge in [0.05, 0.1) is 11.7 Å². The summed E-state index contributed by atoms with van der Waals surface area (Å²) in [6, 6.07) is 5.98. The highest BCUT2D eigenvalue weighted by atomic mass is 79.9. The summed E-state index contributed by atoms with van der Waals surface area (Å²) >= 11 is 4.93. The molecule has 0 bridgehead atoms. The lowest BCUT2D eigenvalue weighted by atomic mass is 9.98. The quantitative estimate of drug-likeness (QED) is 0.825. The van der Waals surface area contributed by atoms with E-state index in [4.69, 9.17) is 5.11 Å². The topological polar surface area (TPSA) is 57.6 Å². The van der Waals surface area contributed by atoms with E-state index in [2.05, 4.69) is 15.9 Å². The van der Waals surface area contributed by atoms with Crippen molar-refractivity contribution in [2.45, 2.75) is 24.7 Å². The Morgan fingerprint density at radius 3 is 2.90 bits per heavy atom. The van der Waals surface area contributed by atoms with E-state index in [1.54, 1.807) is 4.90 Å². The summed E-state index contributed by atoms with van der Waals surface area (Å²) in [4.78, 5) is 26.0. The van der Waals surface area contributed by atoms with Crippen LogP contribution in [0, 0.1) is 12.8 Å². The van der Waals surface area contributed by atoms with Gasteiger partial charge in [0.1, 0.15) is 0 Å². The summed E-state index contributed by atoms with van der Waals surface area (Å²) < 4.78 is 1.02. The van der Waals surface area contributed by atoms with Crippen LogP contribution in [-0.4, -0.2) is 40.7 Å². The zero-order chi connectivity index (χ0) is 15.4. The van der Waals surface area contributed by atoms with E-state index in [1.807, 2.05) is 25.1 Å². The molecule has 1 heterocycles. The van der Waals surface area contributed by atoms with Gasteiger partial charge in [-0.1, -0.05) is 15.9 Å². The number of amides is 1. The van der Waals surface area contributed by atoms with Crippen LogP contribution in [0.15, 0.2) is 27.6 Å². The van der Waals surface area contributed by atoms with Crippen molar-refractivity contribution in [1.82, 2.24) is 4.90 Å². The number of piperidine rings is 1. The highest BCUT2D eigenvalue weighted by molar-refractivity contribution is 9.10. The normalized spacial score (nSPS) is 18.6. The molecule has 1 N–H and O–H groups in total. The van der Waals surface area contributed by atoms with Crippen LogP contribution in [0.1, 0.15) is 18.4 Å². The van der Waals surface area contributed by atoms with Gasteiger partial charge in [-0.2, -0.15) is 0 Å². The molecule has 0 spiro atoms. The van der Waals surface area contributed by atoms with Crippen LogP contribution >= 0.6 is 27.7 Å². The second-order valence-electron chi connectivity index (χ2n) is 5.22. The molecule has 0 aliphatic carbocycles. The smallest absolute Gasteiger partial charge is 0.308 e. The van der Waals surface area contributed by atoms with Gasteiger partial charge in [0.25, 0.3) is 0 Å². The van der Waals surface area contributed by atoms with Crippen LogP contribution in [0.5, 0.6) is 0 Å². The lowest BCUT2D eigenvalue weighted by molar-refractivity contribution is -0.145. The third-order valence-electron chi connectivity index (χ3n) is 3.61. The highest BCUT2D eigenvalue weighted by Gasteiger charge is 2.27. The first-order valence-electron chi connectivity index (χ1n) is 6.87. The number of carboxylic acids is 1. The SMILES string of the molecule is Cc1cc(Br)ccc1SCC(=O)N1CCCC(C(=O)O)C1. The fraction of sp³-hybridized carbons (Fsp3) is 0.467. The molecule has 1 unspecified atom stereocenters. The van der Waals surface area contributed by atoms with E-state index >= 15 is 0 Å². The first-order valence-corrected chi connectivity index (χ1v) is 8.65. The van der Waals surface area contributed by atoms with E-state index in [-0.39, 0.29) is 5.91 Å². The Morgan fingerprint density at radius 2 is 2.24 bits per heavy atom. The molecule has 21 heavy (non-hydrogen) atoms. The number of hydrogen-bond donors (Lipinski definition) is 1. The molecule has 0 aromatic heterocycles. The zero-order valence-corrected chi connectivity index (χ0v) is 14.2. The van der Waals surface area contributed by atoms with Crippen LogP contribution in [0.3, 0.4) is 0 Å². The van der Waals surface area contributed by atoms with Crippen molar-refractivity contribution in [2.75, 3.05) is 18.8 Å². The van der Waals surface area contributed by atoms with Crippen LogP contribution in [-0.2, 0) is 9.59 Å². The Kier molecular flexibility index (Phi) is 5.70. The average molecular weight is 372 g/mol. The van der Waals surface area contributed by atoms with Crippen LogP contribution in [0.25, 0.3) is 0 Å². The van der Waals surface area contributed by atoms with Gasteiger partial charge in [0, 0.05) is 22.5 Å². The second kappa shape index (κ2) is 7.31. The maximum atomic E-state index is 12.2. The van der Waals surface area contributed by atoms with Crippen molar-refractivity contribution < 1.29 is 14.7 Å². The van der Waals surface area contributed by atoms with Gasteiger partial charge in [0.2, 0.25) is 5.91 Å². The van der Waals surface area contributed by atoms with Gasteiger partial charge in [0.15, 0.2) is 0 Å². The molecule has 0 radical (unpaired) electrons. The third kappa shape index (κ3) is 4.48. The average Bonchev–Trinajstić information content (AvgIpc) is 2.46. The van der Waals surface area contributed by atoms with E-state index in [0.29, 0.717) is 25.3 Å². The predicted octanol–water partition coefficient (Wildman–Crippen LogP) is 3.17. The van der Waals surface area contributed by atoms with E-state index < -0.39 is 11.9 Å². The number of thioether (sulfide) groups is 1. The number of benzene rings is 1. The predicted molar refractivity (Wildman–Crippen MR) is 86.5 cm³/mol. The highest BCUT2D eigenvalue weighted by Crippen LogP contribution is 2.26. The Morgan fingerprint density at radius 1 is 1.48 bits per heavy atom. The minimum atomic E-state index is -0.802. The monoisotopic (exact) mass is 371 g/mol. The van der Waals surface area contributed by atoms with E-state index in [0.717, 1.165) is 21.4 Å².